The molecular formula is C15H17Tl. The Hall–Kier alpha value is -0.378. The Morgan fingerprint density at radius 2 is 1.69 bits per heavy atom. The van der Waals surface area contributed by atoms with Crippen LogP contribution in [0.5, 0.6) is 0 Å². The molecule has 2 rings (SSSR count). The summed E-state index contributed by atoms with van der Waals surface area (Å²) in [5, 5.41) is 0. The van der Waals surface area contributed by atoms with Crippen molar-refractivity contribution in [1.29, 1.82) is 0 Å². The van der Waals surface area contributed by atoms with Crippen LogP contribution in [0.2, 0.25) is 0 Å². The van der Waals surface area contributed by atoms with E-state index in [1.54, 1.807) is 8.71 Å². The third-order valence-corrected chi connectivity index (χ3v) is 5.10. The van der Waals surface area contributed by atoms with E-state index in [4.69, 9.17) is 0 Å². The molecule has 1 aliphatic carbocycles. The van der Waals surface area contributed by atoms with E-state index < -0.39 is 0 Å². The summed E-state index contributed by atoms with van der Waals surface area (Å²) < 4.78 is 1.66. The second kappa shape index (κ2) is 4.48. The molecule has 0 saturated heterocycles. The molecule has 0 unspecified atom stereocenters. The summed E-state index contributed by atoms with van der Waals surface area (Å²) in [7, 11) is 0. The zero-order valence-corrected chi connectivity index (χ0v) is 14.7. The molecule has 1 aromatic rings. The zero-order chi connectivity index (χ0) is 11.8. The predicted octanol–water partition coefficient (Wildman–Crippen LogP) is 3.94. The maximum absolute atomic E-state index is 2.42. The summed E-state index contributed by atoms with van der Waals surface area (Å²) in [6.45, 7) is 6.93. The van der Waals surface area contributed by atoms with E-state index in [2.05, 4.69) is 57.2 Å². The maximum atomic E-state index is 2.42. The molecule has 1 aliphatic rings. The van der Waals surface area contributed by atoms with Crippen molar-refractivity contribution in [3.63, 3.8) is 0 Å². The van der Waals surface area contributed by atoms with Gasteiger partial charge in [0.25, 0.3) is 0 Å². The summed E-state index contributed by atoms with van der Waals surface area (Å²) in [5.41, 5.74) is 4.79. The molecule has 0 saturated carbocycles. The van der Waals surface area contributed by atoms with Crippen molar-refractivity contribution < 1.29 is 0 Å². The second-order valence-electron chi connectivity index (χ2n) is 5.40. The Bertz CT molecular complexity index is 444. The Labute approximate surface area is 114 Å². The fourth-order valence-corrected chi connectivity index (χ4v) is 3.81. The first-order valence-electron chi connectivity index (χ1n) is 5.73. The van der Waals surface area contributed by atoms with Gasteiger partial charge in [-0.25, -0.2) is 0 Å². The molecule has 1 aromatic carbocycles. The van der Waals surface area contributed by atoms with Crippen LogP contribution in [0.15, 0.2) is 45.1 Å². The fourth-order valence-electron chi connectivity index (χ4n) is 1.99. The molecule has 0 bridgehead atoms. The number of benzene rings is 1. The van der Waals surface area contributed by atoms with Crippen LogP contribution >= 0.6 is 0 Å². The van der Waals surface area contributed by atoms with Gasteiger partial charge in [0.05, 0.1) is 0 Å². The van der Waals surface area contributed by atoms with E-state index in [0.29, 0.717) is 5.41 Å². The first kappa shape index (κ1) is 12.1. The van der Waals surface area contributed by atoms with Gasteiger partial charge in [0, 0.05) is 0 Å². The number of hydrogen-bond donors (Lipinski definition) is 0. The fraction of sp³-hybridized carbons (Fsp3) is 0.333. The molecule has 1 heteroatoms. The van der Waals surface area contributed by atoms with E-state index >= 15 is 0 Å². The van der Waals surface area contributed by atoms with Crippen LogP contribution in [0.4, 0.5) is 0 Å². The Kier molecular flexibility index (Phi) is 3.38. The van der Waals surface area contributed by atoms with Crippen LogP contribution in [0.25, 0.3) is 5.57 Å². The van der Waals surface area contributed by atoms with Gasteiger partial charge in [0.15, 0.2) is 0 Å². The summed E-state index contributed by atoms with van der Waals surface area (Å²) in [6.07, 6.45) is 3.63. The van der Waals surface area contributed by atoms with Gasteiger partial charge in [0.2, 0.25) is 0 Å². The first-order valence-corrected chi connectivity index (χ1v) is 7.98. The molecule has 0 nitrogen and oxygen atoms in total. The quantitative estimate of drug-likeness (QED) is 0.625. The van der Waals surface area contributed by atoms with Crippen molar-refractivity contribution in [3.8, 4) is 0 Å². The normalized spacial score (nSPS) is 16.5. The van der Waals surface area contributed by atoms with Gasteiger partial charge in [0.1, 0.15) is 0 Å². The number of hydrogen-bond acceptors (Lipinski definition) is 0. The molecular weight excluding hydrogens is 385 g/mol. The molecule has 80 valence electrons. The minimum atomic E-state index is 0.316. The third kappa shape index (κ3) is 2.47. The Morgan fingerprint density at radius 1 is 1.06 bits per heavy atom. The van der Waals surface area contributed by atoms with Gasteiger partial charge in [-0.1, -0.05) is 0 Å². The van der Waals surface area contributed by atoms with Gasteiger partial charge in [-0.05, 0) is 0 Å². The van der Waals surface area contributed by atoms with Crippen LogP contribution in [0.1, 0.15) is 32.8 Å². The van der Waals surface area contributed by atoms with Gasteiger partial charge in [-0.2, -0.15) is 0 Å². The Morgan fingerprint density at radius 3 is 2.19 bits per heavy atom. The first-order chi connectivity index (χ1) is 7.48. The molecule has 0 atom stereocenters. The average molecular weight is 402 g/mol. The van der Waals surface area contributed by atoms with Crippen LogP contribution < -0.4 is 0 Å². The molecule has 0 heterocycles. The summed E-state index contributed by atoms with van der Waals surface area (Å²) >= 11 is 0.955. The molecule has 0 fully saturated rings. The SMILES string of the molecule is CC(C)(C)C1=CC(c2ccccc2)=[C]([Tl])C1. The molecule has 0 aliphatic heterocycles. The van der Waals surface area contributed by atoms with Crippen LogP contribution in [-0.4, -0.2) is 25.8 Å². The number of rotatable bonds is 1. The Balaban J connectivity index is 2.36. The van der Waals surface area contributed by atoms with Gasteiger partial charge < -0.3 is 0 Å². The van der Waals surface area contributed by atoms with E-state index in [0.717, 1.165) is 25.8 Å². The summed E-state index contributed by atoms with van der Waals surface area (Å²) in [6, 6.07) is 10.8. The van der Waals surface area contributed by atoms with Crippen molar-refractivity contribution in [3.05, 3.63) is 50.7 Å². The standard InChI is InChI=1S/C15H17.Tl/c1-15(2,3)14-10-9-13(11-14)12-7-5-4-6-8-12;/h4-8,11H,10H2,1-3H3;. The molecule has 0 radical (unpaired) electrons. The van der Waals surface area contributed by atoms with E-state index in [-0.39, 0.29) is 0 Å². The topological polar surface area (TPSA) is 0 Å². The van der Waals surface area contributed by atoms with Crippen LogP contribution in [0, 0.1) is 5.41 Å². The summed E-state index contributed by atoms with van der Waals surface area (Å²) in [4.78, 5) is 0. The molecule has 0 spiro atoms. The van der Waals surface area contributed by atoms with Gasteiger partial charge >= 0.3 is 115 Å². The zero-order valence-electron chi connectivity index (χ0n) is 10.2. The van der Waals surface area contributed by atoms with Gasteiger partial charge in [-0.15, -0.1) is 0 Å². The third-order valence-electron chi connectivity index (χ3n) is 3.09. The van der Waals surface area contributed by atoms with Crippen molar-refractivity contribution in [1.82, 2.24) is 0 Å². The van der Waals surface area contributed by atoms with Crippen molar-refractivity contribution in [2.24, 2.45) is 5.41 Å². The average Bonchev–Trinajstić information content (AvgIpc) is 2.61. The second-order valence-corrected chi connectivity index (χ2v) is 8.11. The van der Waals surface area contributed by atoms with E-state index in [9.17, 15) is 0 Å². The molecule has 0 aromatic heterocycles. The monoisotopic (exact) mass is 402 g/mol. The minimum absolute atomic E-state index is 0.316. The van der Waals surface area contributed by atoms with Crippen LogP contribution in [-0.2, 0) is 0 Å². The van der Waals surface area contributed by atoms with E-state index in [1.807, 2.05) is 0 Å². The number of allylic oxidation sites excluding steroid dienone is 4. The molecule has 16 heavy (non-hydrogen) atoms. The van der Waals surface area contributed by atoms with Crippen molar-refractivity contribution in [2.75, 3.05) is 0 Å². The van der Waals surface area contributed by atoms with Crippen molar-refractivity contribution >= 4 is 31.3 Å². The predicted molar refractivity (Wildman–Crippen MR) is 71.3 cm³/mol. The molecule has 0 amide bonds. The van der Waals surface area contributed by atoms with Crippen LogP contribution in [0.3, 0.4) is 0 Å². The molecule has 0 N–H and O–H groups in total. The van der Waals surface area contributed by atoms with Gasteiger partial charge in [-0.3, -0.25) is 0 Å². The van der Waals surface area contributed by atoms with E-state index in [1.165, 1.54) is 17.6 Å². The summed E-state index contributed by atoms with van der Waals surface area (Å²) in [5.74, 6) is 0. The van der Waals surface area contributed by atoms with Crippen molar-refractivity contribution in [2.45, 2.75) is 27.2 Å².